The molecule has 2 bridgehead atoms. The Morgan fingerprint density at radius 3 is 2.27 bits per heavy atom. The molecule has 4 atom stereocenters. The number of aryl methyl sites for hydroxylation is 1. The summed E-state index contributed by atoms with van der Waals surface area (Å²) < 4.78 is 0. The molecule has 3 saturated carbocycles. The maximum Gasteiger partial charge on any atom is 0.470 e. The van der Waals surface area contributed by atoms with Crippen molar-refractivity contribution in [1.82, 2.24) is 0 Å². The van der Waals surface area contributed by atoms with E-state index >= 15 is 0 Å². The molecule has 3 aliphatic carbocycles. The van der Waals surface area contributed by atoms with Gasteiger partial charge in [-0.25, -0.2) is 0 Å². The zero-order chi connectivity index (χ0) is 19.8. The zero-order valence-electron chi connectivity index (χ0n) is 16.2. The van der Waals surface area contributed by atoms with E-state index in [0.29, 0.717) is 12.3 Å². The Hall–Kier alpha value is -0.585. The van der Waals surface area contributed by atoms with Gasteiger partial charge in [-0.3, -0.25) is 0 Å². The van der Waals surface area contributed by atoms with Crippen LogP contribution < -0.4 is 0 Å². The van der Waals surface area contributed by atoms with E-state index < -0.39 is 23.6 Å². The lowest BCUT2D eigenvalue weighted by Crippen LogP contribution is -2.74. The first kappa shape index (κ1) is 21.7. The second kappa shape index (κ2) is 7.80. The van der Waals surface area contributed by atoms with E-state index in [-0.39, 0.29) is 5.41 Å². The molecular weight excluding hydrogens is 350 g/mol. The summed E-state index contributed by atoms with van der Waals surface area (Å²) in [5.74, 6) is 0.614. The largest absolute Gasteiger partial charge is 0.470 e. The average Bonchev–Trinajstić information content (AvgIpc) is 2.57. The first-order chi connectivity index (χ1) is 11.9. The molecule has 0 heterocycles. The molecule has 6 heteroatoms. The van der Waals surface area contributed by atoms with Gasteiger partial charge in [0.1, 0.15) is 0 Å². The predicted octanol–water partition coefficient (Wildman–Crippen LogP) is 2.72. The van der Waals surface area contributed by atoms with Crippen molar-refractivity contribution in [2.45, 2.75) is 76.3 Å². The summed E-state index contributed by atoms with van der Waals surface area (Å²) in [6.45, 7) is 7.98. The van der Waals surface area contributed by atoms with Crippen LogP contribution in [0.5, 0.6) is 0 Å². The summed E-state index contributed by atoms with van der Waals surface area (Å²) in [5.41, 5.74) is 0.486. The van der Waals surface area contributed by atoms with Crippen LogP contribution in [0.15, 0.2) is 24.3 Å². The molecule has 0 saturated heterocycles. The molecule has 3 fully saturated rings. The normalized spacial score (nSPS) is 32.7. The van der Waals surface area contributed by atoms with Crippen molar-refractivity contribution in [2.24, 2.45) is 11.3 Å². The summed E-state index contributed by atoms with van der Waals surface area (Å²) >= 11 is 5.75. The second-order valence-corrected chi connectivity index (χ2v) is 9.16. The SMILES string of the molecule is CC1(O)CCC2CC1(O)C2(C)C.CCc1cccc(C[C@@H](Cl)B(O)O)c1. The number of hydrogen-bond donors (Lipinski definition) is 4. The van der Waals surface area contributed by atoms with Crippen LogP contribution in [0.2, 0.25) is 0 Å². The molecule has 0 aliphatic heterocycles. The Labute approximate surface area is 162 Å². The summed E-state index contributed by atoms with van der Waals surface area (Å²) in [6.07, 6.45) is 4.04. The van der Waals surface area contributed by atoms with E-state index in [2.05, 4.69) is 20.8 Å². The van der Waals surface area contributed by atoms with Crippen LogP contribution in [0.25, 0.3) is 0 Å². The molecule has 3 aliphatic rings. The van der Waals surface area contributed by atoms with Gasteiger partial charge in [0.15, 0.2) is 0 Å². The van der Waals surface area contributed by atoms with Gasteiger partial charge in [0, 0.05) is 0 Å². The lowest BCUT2D eigenvalue weighted by Gasteiger charge is -2.68. The quantitative estimate of drug-likeness (QED) is 0.477. The van der Waals surface area contributed by atoms with Gasteiger partial charge in [0.25, 0.3) is 0 Å². The average molecular weight is 383 g/mol. The van der Waals surface area contributed by atoms with Crippen molar-refractivity contribution in [2.75, 3.05) is 0 Å². The number of benzene rings is 1. The van der Waals surface area contributed by atoms with E-state index in [1.54, 1.807) is 6.92 Å². The fraction of sp³-hybridized carbons (Fsp3) is 0.700. The highest BCUT2D eigenvalue weighted by Gasteiger charge is 2.69. The minimum absolute atomic E-state index is 0.0885. The van der Waals surface area contributed by atoms with Crippen LogP contribution in [0.1, 0.15) is 58.1 Å². The molecule has 0 radical (unpaired) electrons. The Balaban J connectivity index is 0.000000189. The van der Waals surface area contributed by atoms with E-state index in [1.165, 1.54) is 5.56 Å². The standard InChI is InChI=1S/C10H14BClO2.C10H18O2/c1-2-8-4-3-5-9(6-8)7-10(12)11(13)14;1-8(2)7-4-5-9(3,11)10(8,12)6-7/h3-6,10,13-14H,2,7H2,1H3;7,11-12H,4-6H2,1-3H3/t10-;/m1./s1. The molecule has 3 unspecified atom stereocenters. The molecule has 146 valence electrons. The van der Waals surface area contributed by atoms with E-state index in [0.717, 1.165) is 31.2 Å². The van der Waals surface area contributed by atoms with Crippen molar-refractivity contribution in [3.8, 4) is 0 Å². The van der Waals surface area contributed by atoms with Crippen molar-refractivity contribution >= 4 is 18.7 Å². The Morgan fingerprint density at radius 2 is 1.81 bits per heavy atom. The third kappa shape index (κ3) is 3.97. The van der Waals surface area contributed by atoms with Gasteiger partial charge in [0.05, 0.1) is 16.5 Å². The van der Waals surface area contributed by atoms with Crippen LogP contribution in [0.3, 0.4) is 0 Å². The number of halogens is 1. The first-order valence-electron chi connectivity index (χ1n) is 9.47. The van der Waals surface area contributed by atoms with Crippen molar-refractivity contribution in [3.05, 3.63) is 35.4 Å². The lowest BCUT2D eigenvalue weighted by molar-refractivity contribution is -0.312. The molecule has 0 spiro atoms. The van der Waals surface area contributed by atoms with Crippen LogP contribution >= 0.6 is 11.6 Å². The predicted molar refractivity (Wildman–Crippen MR) is 106 cm³/mol. The van der Waals surface area contributed by atoms with Crippen molar-refractivity contribution in [1.29, 1.82) is 0 Å². The van der Waals surface area contributed by atoms with Crippen LogP contribution in [-0.2, 0) is 12.8 Å². The molecule has 1 aromatic rings. The Kier molecular flexibility index (Phi) is 6.52. The van der Waals surface area contributed by atoms with E-state index in [9.17, 15) is 10.2 Å². The highest BCUT2D eigenvalue weighted by atomic mass is 35.5. The minimum atomic E-state index is -1.46. The lowest BCUT2D eigenvalue weighted by atomic mass is 9.41. The molecule has 4 N–H and O–H groups in total. The number of hydrogen-bond acceptors (Lipinski definition) is 4. The minimum Gasteiger partial charge on any atom is -0.426 e. The first-order valence-corrected chi connectivity index (χ1v) is 9.91. The van der Waals surface area contributed by atoms with Crippen LogP contribution in [0.4, 0.5) is 0 Å². The summed E-state index contributed by atoms with van der Waals surface area (Å²) in [4.78, 5) is 0. The van der Waals surface area contributed by atoms with E-state index in [4.69, 9.17) is 21.6 Å². The fourth-order valence-electron chi connectivity index (χ4n) is 4.43. The van der Waals surface area contributed by atoms with Gasteiger partial charge in [-0.2, -0.15) is 0 Å². The molecule has 4 rings (SSSR count). The van der Waals surface area contributed by atoms with Gasteiger partial charge in [-0.15, -0.1) is 11.6 Å². The third-order valence-corrected chi connectivity index (χ3v) is 7.03. The van der Waals surface area contributed by atoms with Gasteiger partial charge < -0.3 is 20.3 Å². The van der Waals surface area contributed by atoms with Gasteiger partial charge >= 0.3 is 7.12 Å². The Bertz CT molecular complexity index is 610. The number of fused-ring (bicyclic) bond motifs is 2. The molecule has 0 aromatic heterocycles. The maximum atomic E-state index is 10.2. The number of alkyl halides is 1. The maximum absolute atomic E-state index is 10.2. The fourth-order valence-corrected chi connectivity index (χ4v) is 4.61. The highest BCUT2D eigenvalue weighted by Crippen LogP contribution is 2.65. The smallest absolute Gasteiger partial charge is 0.426 e. The van der Waals surface area contributed by atoms with Crippen molar-refractivity contribution in [3.63, 3.8) is 0 Å². The summed E-state index contributed by atoms with van der Waals surface area (Å²) in [7, 11) is -1.46. The van der Waals surface area contributed by atoms with Gasteiger partial charge in [-0.05, 0) is 61.5 Å². The molecular formula is C20H32BClO4. The second-order valence-electron chi connectivity index (χ2n) is 8.60. The third-order valence-electron chi connectivity index (χ3n) is 6.65. The molecule has 4 nitrogen and oxygen atoms in total. The summed E-state index contributed by atoms with van der Waals surface area (Å²) in [6, 6.07) is 7.98. The van der Waals surface area contributed by atoms with Gasteiger partial charge in [0.2, 0.25) is 0 Å². The van der Waals surface area contributed by atoms with Crippen LogP contribution in [-0.4, -0.2) is 43.9 Å². The highest BCUT2D eigenvalue weighted by molar-refractivity contribution is 6.57. The van der Waals surface area contributed by atoms with Crippen molar-refractivity contribution < 1.29 is 20.3 Å². The number of rotatable bonds is 4. The molecule has 1 aromatic carbocycles. The number of aliphatic hydroxyl groups is 2. The summed E-state index contributed by atoms with van der Waals surface area (Å²) in [5, 5.41) is 37.3. The molecule has 26 heavy (non-hydrogen) atoms. The Morgan fingerprint density at radius 1 is 1.19 bits per heavy atom. The molecule has 0 amide bonds. The zero-order valence-corrected chi connectivity index (χ0v) is 17.0. The van der Waals surface area contributed by atoms with Crippen LogP contribution in [0, 0.1) is 11.3 Å². The van der Waals surface area contributed by atoms with Gasteiger partial charge in [-0.1, -0.05) is 45.0 Å². The topological polar surface area (TPSA) is 80.9 Å². The van der Waals surface area contributed by atoms with E-state index in [1.807, 2.05) is 24.3 Å². The monoisotopic (exact) mass is 382 g/mol.